The highest BCUT2D eigenvalue weighted by molar-refractivity contribution is 5.59. The molecule has 0 amide bonds. The van der Waals surface area contributed by atoms with Gasteiger partial charge in [0.1, 0.15) is 11.5 Å². The van der Waals surface area contributed by atoms with Crippen LogP contribution in [0.1, 0.15) is 25.1 Å². The van der Waals surface area contributed by atoms with E-state index in [2.05, 4.69) is 23.6 Å². The third-order valence-electron chi connectivity index (χ3n) is 5.36. The summed E-state index contributed by atoms with van der Waals surface area (Å²) >= 11 is 0. The van der Waals surface area contributed by atoms with E-state index in [0.717, 1.165) is 22.9 Å². The van der Waals surface area contributed by atoms with Crippen LogP contribution in [0.2, 0.25) is 0 Å². The van der Waals surface area contributed by atoms with Crippen molar-refractivity contribution in [1.82, 2.24) is 14.5 Å². The zero-order chi connectivity index (χ0) is 20.5. The molecule has 29 heavy (non-hydrogen) atoms. The van der Waals surface area contributed by atoms with Gasteiger partial charge >= 0.3 is 0 Å². The number of nitrogens with zero attached hydrogens (tertiary/aromatic N) is 4. The van der Waals surface area contributed by atoms with Crippen molar-refractivity contribution in [3.05, 3.63) is 76.2 Å². The molecule has 0 fully saturated rings. The first-order valence-electron chi connectivity index (χ1n) is 9.86. The minimum atomic E-state index is 0.0203. The SMILES string of the molecule is Cc1nc2n(c(=O)c1C)CN(C(C)C)CN2c1ccc(Oc2ccccc2)cc1. The zero-order valence-corrected chi connectivity index (χ0v) is 17.3. The van der Waals surface area contributed by atoms with E-state index in [1.165, 1.54) is 0 Å². The molecule has 0 saturated carbocycles. The monoisotopic (exact) mass is 390 g/mol. The van der Waals surface area contributed by atoms with Crippen LogP contribution in [-0.4, -0.2) is 27.2 Å². The normalized spacial score (nSPS) is 14.2. The summed E-state index contributed by atoms with van der Waals surface area (Å²) in [6.07, 6.45) is 0. The van der Waals surface area contributed by atoms with E-state index < -0.39 is 0 Å². The van der Waals surface area contributed by atoms with Gasteiger partial charge in [0.05, 0.1) is 13.3 Å². The minimum absolute atomic E-state index is 0.0203. The molecule has 6 nitrogen and oxygen atoms in total. The molecule has 0 bridgehead atoms. The van der Waals surface area contributed by atoms with Crippen LogP contribution in [0.25, 0.3) is 0 Å². The second kappa shape index (κ2) is 7.72. The highest BCUT2D eigenvalue weighted by atomic mass is 16.5. The zero-order valence-electron chi connectivity index (χ0n) is 17.3. The van der Waals surface area contributed by atoms with E-state index in [1.54, 1.807) is 4.57 Å². The van der Waals surface area contributed by atoms with Crippen molar-refractivity contribution in [1.29, 1.82) is 0 Å². The van der Waals surface area contributed by atoms with Gasteiger partial charge in [-0.15, -0.1) is 0 Å². The molecule has 0 atom stereocenters. The third-order valence-corrected chi connectivity index (χ3v) is 5.36. The van der Waals surface area contributed by atoms with Crippen molar-refractivity contribution in [2.24, 2.45) is 0 Å². The van der Waals surface area contributed by atoms with Crippen LogP contribution in [0, 0.1) is 13.8 Å². The minimum Gasteiger partial charge on any atom is -0.457 e. The molecule has 6 heteroatoms. The number of aromatic nitrogens is 2. The lowest BCUT2D eigenvalue weighted by molar-refractivity contribution is 0.156. The smallest absolute Gasteiger partial charge is 0.259 e. The van der Waals surface area contributed by atoms with Crippen LogP contribution in [0.4, 0.5) is 11.6 Å². The lowest BCUT2D eigenvalue weighted by Gasteiger charge is -2.40. The molecule has 150 valence electrons. The van der Waals surface area contributed by atoms with Crippen LogP contribution in [0.5, 0.6) is 11.5 Å². The third kappa shape index (κ3) is 3.76. The maximum Gasteiger partial charge on any atom is 0.259 e. The van der Waals surface area contributed by atoms with Gasteiger partial charge in [-0.05, 0) is 64.1 Å². The van der Waals surface area contributed by atoms with Gasteiger partial charge in [-0.1, -0.05) is 18.2 Å². The molecule has 1 aliphatic rings. The summed E-state index contributed by atoms with van der Waals surface area (Å²) in [5.41, 5.74) is 2.46. The van der Waals surface area contributed by atoms with Gasteiger partial charge in [0.25, 0.3) is 5.56 Å². The Kier molecular flexibility index (Phi) is 5.11. The first-order valence-corrected chi connectivity index (χ1v) is 9.86. The number of hydrogen-bond donors (Lipinski definition) is 0. The molecule has 1 aromatic heterocycles. The summed E-state index contributed by atoms with van der Waals surface area (Å²) in [5.74, 6) is 2.25. The highest BCUT2D eigenvalue weighted by Crippen LogP contribution is 2.30. The maximum absolute atomic E-state index is 12.9. The van der Waals surface area contributed by atoms with Gasteiger partial charge in [-0.2, -0.15) is 0 Å². The van der Waals surface area contributed by atoms with Crippen molar-refractivity contribution in [3.8, 4) is 11.5 Å². The Bertz CT molecular complexity index is 1060. The van der Waals surface area contributed by atoms with E-state index in [0.29, 0.717) is 30.9 Å². The first kappa shape index (κ1) is 19.2. The predicted molar refractivity (Wildman–Crippen MR) is 115 cm³/mol. The second-order valence-electron chi connectivity index (χ2n) is 7.66. The summed E-state index contributed by atoms with van der Waals surface area (Å²) in [6, 6.07) is 17.9. The number of rotatable bonds is 4. The Morgan fingerprint density at radius 2 is 1.59 bits per heavy atom. The molecule has 4 rings (SSSR count). The summed E-state index contributed by atoms with van der Waals surface area (Å²) < 4.78 is 7.67. The fourth-order valence-electron chi connectivity index (χ4n) is 3.39. The average molecular weight is 390 g/mol. The molecule has 2 heterocycles. The number of para-hydroxylation sites is 1. The standard InChI is InChI=1S/C23H26N4O2/c1-16(2)25-14-26(23-24-18(4)17(3)22(28)27(23)15-25)19-10-12-21(13-11-19)29-20-8-6-5-7-9-20/h5-13,16H,14-15H2,1-4H3. The van der Waals surface area contributed by atoms with Gasteiger partial charge in [0.15, 0.2) is 0 Å². The molecule has 3 aromatic rings. The quantitative estimate of drug-likeness (QED) is 0.660. The molecule has 0 spiro atoms. The molecule has 2 aromatic carbocycles. The predicted octanol–water partition coefficient (Wildman–Crippen LogP) is 4.43. The van der Waals surface area contributed by atoms with E-state index in [9.17, 15) is 4.79 Å². The lowest BCUT2D eigenvalue weighted by atomic mass is 10.2. The number of fused-ring (bicyclic) bond motifs is 1. The topological polar surface area (TPSA) is 50.6 Å². The molecular weight excluding hydrogens is 364 g/mol. The average Bonchev–Trinajstić information content (AvgIpc) is 2.73. The van der Waals surface area contributed by atoms with E-state index in [4.69, 9.17) is 9.72 Å². The summed E-state index contributed by atoms with van der Waals surface area (Å²) in [7, 11) is 0. The molecule has 0 N–H and O–H groups in total. The molecule has 1 aliphatic heterocycles. The lowest BCUT2D eigenvalue weighted by Crippen LogP contribution is -2.50. The second-order valence-corrected chi connectivity index (χ2v) is 7.66. The number of aryl methyl sites for hydroxylation is 1. The van der Waals surface area contributed by atoms with Crippen molar-refractivity contribution >= 4 is 11.6 Å². The Labute approximate surface area is 171 Å². The first-order chi connectivity index (χ1) is 13.9. The number of hydrogen-bond acceptors (Lipinski definition) is 5. The summed E-state index contributed by atoms with van der Waals surface area (Å²) in [5, 5.41) is 0. The largest absolute Gasteiger partial charge is 0.457 e. The maximum atomic E-state index is 12.9. The number of benzene rings is 2. The van der Waals surface area contributed by atoms with Gasteiger partial charge in [0.2, 0.25) is 5.95 Å². The Morgan fingerprint density at radius 1 is 0.931 bits per heavy atom. The molecule has 0 aliphatic carbocycles. The van der Waals surface area contributed by atoms with Crippen LogP contribution in [-0.2, 0) is 6.67 Å². The Balaban J connectivity index is 1.69. The van der Waals surface area contributed by atoms with Crippen molar-refractivity contribution in [3.63, 3.8) is 0 Å². The Morgan fingerprint density at radius 3 is 2.24 bits per heavy atom. The van der Waals surface area contributed by atoms with Crippen LogP contribution >= 0.6 is 0 Å². The van der Waals surface area contributed by atoms with Crippen LogP contribution < -0.4 is 15.2 Å². The van der Waals surface area contributed by atoms with E-state index in [-0.39, 0.29) is 5.56 Å². The molecule has 0 saturated heterocycles. The number of ether oxygens (including phenoxy) is 1. The van der Waals surface area contributed by atoms with Gasteiger partial charge in [-0.3, -0.25) is 19.2 Å². The van der Waals surface area contributed by atoms with Gasteiger partial charge in [-0.25, -0.2) is 4.98 Å². The van der Waals surface area contributed by atoms with Gasteiger partial charge < -0.3 is 4.74 Å². The fraction of sp³-hybridized carbons (Fsp3) is 0.304. The van der Waals surface area contributed by atoms with Crippen molar-refractivity contribution in [2.75, 3.05) is 11.6 Å². The number of anilines is 2. The van der Waals surface area contributed by atoms with E-state index >= 15 is 0 Å². The molecule has 0 unspecified atom stereocenters. The molecular formula is C23H26N4O2. The van der Waals surface area contributed by atoms with Crippen LogP contribution in [0.3, 0.4) is 0 Å². The fourth-order valence-corrected chi connectivity index (χ4v) is 3.39. The van der Waals surface area contributed by atoms with E-state index in [1.807, 2.05) is 68.4 Å². The summed E-state index contributed by atoms with van der Waals surface area (Å²) in [4.78, 5) is 22.0. The van der Waals surface area contributed by atoms with Crippen LogP contribution in [0.15, 0.2) is 59.4 Å². The van der Waals surface area contributed by atoms with Crippen molar-refractivity contribution < 1.29 is 4.74 Å². The van der Waals surface area contributed by atoms with Gasteiger partial charge in [0, 0.05) is 23.0 Å². The molecule has 0 radical (unpaired) electrons. The summed E-state index contributed by atoms with van der Waals surface area (Å²) in [6.45, 7) is 9.23. The van der Waals surface area contributed by atoms with Crippen molar-refractivity contribution in [2.45, 2.75) is 40.4 Å². The highest BCUT2D eigenvalue weighted by Gasteiger charge is 2.28. The Hall–Kier alpha value is -3.12.